The average molecular weight is 268 g/mol. The molecule has 0 spiro atoms. The topological polar surface area (TPSA) is 58.2 Å². The van der Waals surface area contributed by atoms with Crippen LogP contribution in [0, 0.1) is 0 Å². The Morgan fingerprint density at radius 2 is 2.00 bits per heavy atom. The zero-order valence-electron chi connectivity index (χ0n) is 10.3. The molecule has 0 saturated carbocycles. The number of halogens is 2. The summed E-state index contributed by atoms with van der Waals surface area (Å²) in [5, 5.41) is 4.90. The number of rotatable bonds is 3. The minimum absolute atomic E-state index is 0.00137. The molecular weight excluding hydrogens is 254 g/mol. The number of alkyl halides is 2. The van der Waals surface area contributed by atoms with Crippen LogP contribution in [0.2, 0.25) is 0 Å². The molecule has 1 aromatic rings. The van der Waals surface area contributed by atoms with Gasteiger partial charge in [0.1, 0.15) is 0 Å². The van der Waals surface area contributed by atoms with Crippen LogP contribution in [0.15, 0.2) is 30.3 Å². The van der Waals surface area contributed by atoms with Gasteiger partial charge < -0.3 is 10.6 Å². The number of nitrogens with one attached hydrogen (secondary N) is 2. The molecular formula is C13H14F2N2O2. The second-order valence-electron chi connectivity index (χ2n) is 4.63. The quantitative estimate of drug-likeness (QED) is 0.870. The van der Waals surface area contributed by atoms with Crippen molar-refractivity contribution < 1.29 is 18.4 Å². The molecule has 0 radical (unpaired) electrons. The van der Waals surface area contributed by atoms with Crippen LogP contribution >= 0.6 is 0 Å². The molecule has 2 rings (SSSR count). The third-order valence-corrected chi connectivity index (χ3v) is 3.00. The maximum atomic E-state index is 12.9. The maximum absolute atomic E-state index is 12.9. The van der Waals surface area contributed by atoms with Gasteiger partial charge in [-0.2, -0.15) is 8.78 Å². The average Bonchev–Trinajstić information content (AvgIpc) is 2.70. The summed E-state index contributed by atoms with van der Waals surface area (Å²) in [6, 6.07) is 7.81. The van der Waals surface area contributed by atoms with Gasteiger partial charge in [-0.3, -0.25) is 9.59 Å². The summed E-state index contributed by atoms with van der Waals surface area (Å²) in [6.07, 6.45) is 0.00137. The smallest absolute Gasteiger partial charge is 0.321 e. The highest BCUT2D eigenvalue weighted by Crippen LogP contribution is 2.25. The molecule has 6 heteroatoms. The Bertz CT molecular complexity index is 485. The Morgan fingerprint density at radius 3 is 2.58 bits per heavy atom. The highest BCUT2D eigenvalue weighted by atomic mass is 19.3. The maximum Gasteiger partial charge on any atom is 0.321 e. The van der Waals surface area contributed by atoms with Crippen LogP contribution in [0.1, 0.15) is 24.9 Å². The third-order valence-electron chi connectivity index (χ3n) is 3.00. The van der Waals surface area contributed by atoms with Crippen LogP contribution in [-0.4, -0.2) is 23.8 Å². The van der Waals surface area contributed by atoms with Gasteiger partial charge in [0, 0.05) is 13.3 Å². The summed E-state index contributed by atoms with van der Waals surface area (Å²) in [5.74, 6) is -5.08. The van der Waals surface area contributed by atoms with E-state index in [1.54, 1.807) is 24.3 Å². The number of amides is 2. The predicted octanol–water partition coefficient (Wildman–Crippen LogP) is 1.39. The second-order valence-corrected chi connectivity index (χ2v) is 4.63. The van der Waals surface area contributed by atoms with E-state index in [1.807, 2.05) is 6.07 Å². The summed E-state index contributed by atoms with van der Waals surface area (Å²) in [7, 11) is 0. The lowest BCUT2D eigenvalue weighted by Gasteiger charge is -2.22. The molecule has 1 saturated heterocycles. The minimum atomic E-state index is -3.45. The van der Waals surface area contributed by atoms with E-state index < -0.39 is 23.9 Å². The summed E-state index contributed by atoms with van der Waals surface area (Å²) >= 11 is 0. The molecule has 1 fully saturated rings. The highest BCUT2D eigenvalue weighted by molar-refractivity contribution is 5.86. The predicted molar refractivity (Wildman–Crippen MR) is 64.5 cm³/mol. The van der Waals surface area contributed by atoms with Crippen LogP contribution in [0.3, 0.4) is 0 Å². The molecule has 2 atom stereocenters. The molecule has 1 heterocycles. The van der Waals surface area contributed by atoms with Crippen LogP contribution in [-0.2, 0) is 9.59 Å². The first-order chi connectivity index (χ1) is 8.88. The van der Waals surface area contributed by atoms with Gasteiger partial charge in [-0.05, 0) is 5.56 Å². The van der Waals surface area contributed by atoms with Crippen molar-refractivity contribution in [2.45, 2.75) is 31.4 Å². The number of carbonyl (C=O) groups is 2. The van der Waals surface area contributed by atoms with Gasteiger partial charge in [-0.25, -0.2) is 0 Å². The number of benzene rings is 1. The van der Waals surface area contributed by atoms with E-state index in [9.17, 15) is 18.4 Å². The summed E-state index contributed by atoms with van der Waals surface area (Å²) < 4.78 is 25.8. The van der Waals surface area contributed by atoms with E-state index >= 15 is 0 Å². The van der Waals surface area contributed by atoms with E-state index in [-0.39, 0.29) is 12.3 Å². The van der Waals surface area contributed by atoms with Gasteiger partial charge in [-0.1, -0.05) is 30.3 Å². The monoisotopic (exact) mass is 268 g/mol. The first-order valence-electron chi connectivity index (χ1n) is 5.91. The molecule has 2 amide bonds. The van der Waals surface area contributed by atoms with Gasteiger partial charge in [0.05, 0.1) is 12.1 Å². The molecule has 19 heavy (non-hydrogen) atoms. The van der Waals surface area contributed by atoms with Crippen LogP contribution in [0.5, 0.6) is 0 Å². The van der Waals surface area contributed by atoms with Crippen molar-refractivity contribution in [1.82, 2.24) is 10.6 Å². The van der Waals surface area contributed by atoms with E-state index in [2.05, 4.69) is 10.6 Å². The molecule has 1 aromatic carbocycles. The molecule has 2 N–H and O–H groups in total. The van der Waals surface area contributed by atoms with Gasteiger partial charge in [0.15, 0.2) is 0 Å². The fraction of sp³-hybridized carbons (Fsp3) is 0.385. The standard InChI is InChI=1S/C13H14F2N2O2/c1-13(14,15)12(19)16-9-7-10(18)17-11(9)8-5-3-2-4-6-8/h2-6,9,11H,7H2,1H3,(H,16,19)(H,17,18)/t9-,11+/m1/s1. The van der Waals surface area contributed by atoms with Gasteiger partial charge in [0.2, 0.25) is 5.91 Å². The van der Waals surface area contributed by atoms with Gasteiger partial charge in [-0.15, -0.1) is 0 Å². The summed E-state index contributed by atoms with van der Waals surface area (Å²) in [5.41, 5.74) is 0.776. The normalized spacial score (nSPS) is 23.0. The van der Waals surface area contributed by atoms with Crippen molar-refractivity contribution in [3.05, 3.63) is 35.9 Å². The van der Waals surface area contributed by atoms with Gasteiger partial charge >= 0.3 is 5.92 Å². The Kier molecular flexibility index (Phi) is 3.50. The lowest BCUT2D eigenvalue weighted by Crippen LogP contribution is -2.45. The summed E-state index contributed by atoms with van der Waals surface area (Å²) in [6.45, 7) is 0.532. The fourth-order valence-corrected chi connectivity index (χ4v) is 2.06. The Morgan fingerprint density at radius 1 is 1.37 bits per heavy atom. The highest BCUT2D eigenvalue weighted by Gasteiger charge is 2.39. The molecule has 0 bridgehead atoms. The van der Waals surface area contributed by atoms with Crippen molar-refractivity contribution in [3.63, 3.8) is 0 Å². The molecule has 4 nitrogen and oxygen atoms in total. The zero-order valence-corrected chi connectivity index (χ0v) is 10.3. The van der Waals surface area contributed by atoms with Crippen molar-refractivity contribution in [1.29, 1.82) is 0 Å². The minimum Gasteiger partial charge on any atom is -0.347 e. The molecule has 0 aromatic heterocycles. The first kappa shape index (κ1) is 13.5. The molecule has 1 aliphatic rings. The second kappa shape index (κ2) is 4.95. The molecule has 102 valence electrons. The van der Waals surface area contributed by atoms with Crippen LogP contribution in [0.4, 0.5) is 8.78 Å². The number of hydrogen-bond acceptors (Lipinski definition) is 2. The van der Waals surface area contributed by atoms with E-state index in [4.69, 9.17) is 0 Å². The van der Waals surface area contributed by atoms with Crippen molar-refractivity contribution in [2.24, 2.45) is 0 Å². The van der Waals surface area contributed by atoms with Crippen molar-refractivity contribution >= 4 is 11.8 Å². The number of carbonyl (C=O) groups excluding carboxylic acids is 2. The lowest BCUT2D eigenvalue weighted by molar-refractivity contribution is -0.143. The van der Waals surface area contributed by atoms with Crippen molar-refractivity contribution in [3.8, 4) is 0 Å². The molecule has 0 aliphatic carbocycles. The van der Waals surface area contributed by atoms with E-state index in [0.29, 0.717) is 6.92 Å². The largest absolute Gasteiger partial charge is 0.347 e. The van der Waals surface area contributed by atoms with Crippen LogP contribution in [0.25, 0.3) is 0 Å². The fourth-order valence-electron chi connectivity index (χ4n) is 2.06. The van der Waals surface area contributed by atoms with E-state index in [1.165, 1.54) is 0 Å². The Balaban J connectivity index is 2.15. The van der Waals surface area contributed by atoms with E-state index in [0.717, 1.165) is 5.56 Å². The summed E-state index contributed by atoms with van der Waals surface area (Å²) in [4.78, 5) is 22.7. The first-order valence-corrected chi connectivity index (χ1v) is 5.91. The van der Waals surface area contributed by atoms with Crippen LogP contribution < -0.4 is 10.6 Å². The van der Waals surface area contributed by atoms with Gasteiger partial charge in [0.25, 0.3) is 5.91 Å². The molecule has 1 aliphatic heterocycles. The van der Waals surface area contributed by atoms with Crippen molar-refractivity contribution in [2.75, 3.05) is 0 Å². The number of hydrogen-bond donors (Lipinski definition) is 2. The molecule has 0 unspecified atom stereocenters. The SMILES string of the molecule is CC(F)(F)C(=O)N[C@@H]1CC(=O)N[C@H]1c1ccccc1. The Hall–Kier alpha value is -1.98. The zero-order chi connectivity index (χ0) is 14.0. The Labute approximate surface area is 109 Å². The third kappa shape index (κ3) is 3.07. The lowest BCUT2D eigenvalue weighted by atomic mass is 10.0.